The van der Waals surface area contributed by atoms with Crippen molar-refractivity contribution in [2.24, 2.45) is 5.90 Å². The second-order valence-corrected chi connectivity index (χ2v) is 1.77. The molecule has 0 atom stereocenters. The molecule has 2 N–H and O–H groups in total. The zero-order valence-corrected chi connectivity index (χ0v) is 5.70. The molecule has 5 nitrogen and oxygen atoms in total. The van der Waals surface area contributed by atoms with Gasteiger partial charge in [-0.25, -0.2) is 5.90 Å². The van der Waals surface area contributed by atoms with Crippen LogP contribution in [-0.2, 0) is 17.9 Å². The van der Waals surface area contributed by atoms with Crippen LogP contribution >= 0.6 is 0 Å². The second-order valence-electron chi connectivity index (χ2n) is 1.77. The molecule has 0 radical (unpaired) electrons. The Bertz CT molecular complexity index is 199. The van der Waals surface area contributed by atoms with Gasteiger partial charge < -0.3 is 4.52 Å². The Labute approximate surface area is 58.1 Å². The van der Waals surface area contributed by atoms with Crippen molar-refractivity contribution in [1.29, 1.82) is 0 Å². The minimum atomic E-state index is 0.174. The Hall–Kier alpha value is -0.940. The molecule has 0 aromatic carbocycles. The van der Waals surface area contributed by atoms with Crippen molar-refractivity contribution < 1.29 is 9.36 Å². The molecule has 0 amide bonds. The third-order valence-corrected chi connectivity index (χ3v) is 1.03. The van der Waals surface area contributed by atoms with Crippen LogP contribution in [0.4, 0.5) is 0 Å². The van der Waals surface area contributed by atoms with E-state index in [4.69, 9.17) is 10.4 Å². The van der Waals surface area contributed by atoms with Crippen molar-refractivity contribution in [3.63, 3.8) is 0 Å². The summed E-state index contributed by atoms with van der Waals surface area (Å²) in [6, 6.07) is 0. The van der Waals surface area contributed by atoms with Crippen molar-refractivity contribution in [2.75, 3.05) is 0 Å². The van der Waals surface area contributed by atoms with Crippen LogP contribution in [0.25, 0.3) is 0 Å². The fourth-order valence-electron chi connectivity index (χ4n) is 0.564. The summed E-state index contributed by atoms with van der Waals surface area (Å²) in [6.45, 7) is 2.12. The van der Waals surface area contributed by atoms with Gasteiger partial charge in [0.05, 0.1) is 0 Å². The molecule has 0 aliphatic carbocycles. The van der Waals surface area contributed by atoms with Gasteiger partial charge in [-0.05, 0) is 0 Å². The fourth-order valence-corrected chi connectivity index (χ4v) is 0.564. The van der Waals surface area contributed by atoms with Gasteiger partial charge in [-0.2, -0.15) is 4.98 Å². The Morgan fingerprint density at radius 3 is 3.00 bits per heavy atom. The Balaban J connectivity index is 2.59. The average Bonchev–Trinajstić information content (AvgIpc) is 2.37. The van der Waals surface area contributed by atoms with Crippen LogP contribution in [0.5, 0.6) is 0 Å². The van der Waals surface area contributed by atoms with Crippen LogP contribution < -0.4 is 5.90 Å². The Kier molecular flexibility index (Phi) is 2.35. The van der Waals surface area contributed by atoms with Crippen LogP contribution in [0.2, 0.25) is 0 Å². The van der Waals surface area contributed by atoms with E-state index in [9.17, 15) is 0 Å². The number of aryl methyl sites for hydroxylation is 1. The SMILES string of the molecule is CCc1noc(CON)n1. The number of hydrogen-bond donors (Lipinski definition) is 1. The van der Waals surface area contributed by atoms with Crippen molar-refractivity contribution >= 4 is 0 Å². The molecule has 0 fully saturated rings. The van der Waals surface area contributed by atoms with Crippen molar-refractivity contribution in [3.8, 4) is 0 Å². The first-order valence-electron chi connectivity index (χ1n) is 3.00. The zero-order valence-electron chi connectivity index (χ0n) is 5.70. The lowest BCUT2D eigenvalue weighted by molar-refractivity contribution is 0.0995. The van der Waals surface area contributed by atoms with E-state index in [1.165, 1.54) is 0 Å². The molecule has 1 aromatic heterocycles. The smallest absolute Gasteiger partial charge is 0.254 e. The van der Waals surface area contributed by atoms with Gasteiger partial charge in [0.15, 0.2) is 5.82 Å². The van der Waals surface area contributed by atoms with Gasteiger partial charge in [0.2, 0.25) is 0 Å². The van der Waals surface area contributed by atoms with Crippen molar-refractivity contribution in [3.05, 3.63) is 11.7 Å². The summed E-state index contributed by atoms with van der Waals surface area (Å²) < 4.78 is 4.73. The minimum Gasteiger partial charge on any atom is -0.337 e. The molecule has 0 spiro atoms. The lowest BCUT2D eigenvalue weighted by Gasteiger charge is -1.85. The molecule has 0 saturated carbocycles. The van der Waals surface area contributed by atoms with Gasteiger partial charge in [-0.3, -0.25) is 4.84 Å². The van der Waals surface area contributed by atoms with E-state index in [2.05, 4.69) is 15.0 Å². The van der Waals surface area contributed by atoms with Crippen LogP contribution in [0.3, 0.4) is 0 Å². The fraction of sp³-hybridized carbons (Fsp3) is 0.600. The molecular formula is C5H9N3O2. The van der Waals surface area contributed by atoms with Crippen LogP contribution in [0.15, 0.2) is 4.52 Å². The Morgan fingerprint density at radius 1 is 1.70 bits per heavy atom. The van der Waals surface area contributed by atoms with Gasteiger partial charge in [-0.15, -0.1) is 0 Å². The third kappa shape index (κ3) is 1.52. The molecule has 56 valence electrons. The van der Waals surface area contributed by atoms with Gasteiger partial charge in [0.1, 0.15) is 6.61 Å². The summed E-state index contributed by atoms with van der Waals surface area (Å²) in [5, 5.41) is 3.63. The molecule has 0 aliphatic rings. The second kappa shape index (κ2) is 3.28. The minimum absolute atomic E-state index is 0.174. The largest absolute Gasteiger partial charge is 0.337 e. The standard InChI is InChI=1S/C5H9N3O2/c1-2-4-7-5(3-9-6)10-8-4/h2-3,6H2,1H3. The summed E-state index contributed by atoms with van der Waals surface area (Å²) >= 11 is 0. The van der Waals surface area contributed by atoms with E-state index < -0.39 is 0 Å². The highest BCUT2D eigenvalue weighted by Gasteiger charge is 2.02. The first-order valence-corrected chi connectivity index (χ1v) is 3.00. The maximum atomic E-state index is 4.78. The summed E-state index contributed by atoms with van der Waals surface area (Å²) in [7, 11) is 0. The van der Waals surface area contributed by atoms with Crippen LogP contribution in [0.1, 0.15) is 18.6 Å². The number of rotatable bonds is 3. The maximum Gasteiger partial charge on any atom is 0.254 e. The van der Waals surface area contributed by atoms with Gasteiger partial charge >= 0.3 is 0 Å². The van der Waals surface area contributed by atoms with Crippen molar-refractivity contribution in [2.45, 2.75) is 20.0 Å². The van der Waals surface area contributed by atoms with E-state index in [-0.39, 0.29) is 6.61 Å². The number of nitrogens with zero attached hydrogens (tertiary/aromatic N) is 2. The maximum absolute atomic E-state index is 4.78. The number of hydrogen-bond acceptors (Lipinski definition) is 5. The van der Waals surface area contributed by atoms with Gasteiger partial charge in [-0.1, -0.05) is 12.1 Å². The number of aromatic nitrogens is 2. The summed E-state index contributed by atoms with van der Waals surface area (Å²) in [4.78, 5) is 8.23. The van der Waals surface area contributed by atoms with E-state index in [1.54, 1.807) is 0 Å². The van der Waals surface area contributed by atoms with E-state index in [1.807, 2.05) is 6.92 Å². The van der Waals surface area contributed by atoms with Crippen molar-refractivity contribution in [1.82, 2.24) is 10.1 Å². The Morgan fingerprint density at radius 2 is 2.50 bits per heavy atom. The van der Waals surface area contributed by atoms with E-state index in [0.717, 1.165) is 6.42 Å². The first kappa shape index (κ1) is 7.17. The first-order chi connectivity index (χ1) is 4.86. The number of nitrogens with two attached hydrogens (primary N) is 1. The highest BCUT2D eigenvalue weighted by atomic mass is 16.6. The highest BCUT2D eigenvalue weighted by Crippen LogP contribution is 1.97. The lowest BCUT2D eigenvalue weighted by atomic mass is 10.5. The average molecular weight is 143 g/mol. The van der Waals surface area contributed by atoms with Crippen LogP contribution in [0, 0.1) is 0 Å². The molecule has 0 unspecified atom stereocenters. The molecule has 10 heavy (non-hydrogen) atoms. The van der Waals surface area contributed by atoms with Gasteiger partial charge in [0, 0.05) is 6.42 Å². The van der Waals surface area contributed by atoms with Crippen LogP contribution in [-0.4, -0.2) is 10.1 Å². The molecule has 0 saturated heterocycles. The molecule has 5 heteroatoms. The molecule has 1 heterocycles. The lowest BCUT2D eigenvalue weighted by Crippen LogP contribution is -1.98. The molecular weight excluding hydrogens is 134 g/mol. The quantitative estimate of drug-likeness (QED) is 0.604. The predicted octanol–water partition coefficient (Wildman–Crippen LogP) is 0.0223. The topological polar surface area (TPSA) is 74.2 Å². The molecule has 1 rings (SSSR count). The molecule has 0 aliphatic heterocycles. The normalized spacial score (nSPS) is 10.2. The molecule has 1 aromatic rings. The predicted molar refractivity (Wildman–Crippen MR) is 32.7 cm³/mol. The monoisotopic (exact) mass is 143 g/mol. The summed E-state index contributed by atoms with van der Waals surface area (Å²) in [5.41, 5.74) is 0. The molecule has 0 bridgehead atoms. The highest BCUT2D eigenvalue weighted by molar-refractivity contribution is 4.83. The van der Waals surface area contributed by atoms with Gasteiger partial charge in [0.25, 0.3) is 5.89 Å². The zero-order chi connectivity index (χ0) is 7.40. The van der Waals surface area contributed by atoms with E-state index in [0.29, 0.717) is 11.7 Å². The summed E-state index contributed by atoms with van der Waals surface area (Å²) in [5.74, 6) is 5.87. The third-order valence-electron chi connectivity index (χ3n) is 1.03. The summed E-state index contributed by atoms with van der Waals surface area (Å²) in [6.07, 6.45) is 0.758. The van der Waals surface area contributed by atoms with E-state index >= 15 is 0 Å².